The molecule has 0 saturated heterocycles. The van der Waals surface area contributed by atoms with Gasteiger partial charge >= 0.3 is 5.97 Å². The number of ether oxygens (including phenoxy) is 1. The summed E-state index contributed by atoms with van der Waals surface area (Å²) in [5.74, 6) is -1.31. The predicted molar refractivity (Wildman–Crippen MR) is 142 cm³/mol. The Morgan fingerprint density at radius 3 is 2.45 bits per heavy atom. The molecule has 0 spiro atoms. The maximum atomic E-state index is 14.6. The first-order valence-corrected chi connectivity index (χ1v) is 12.4. The molecule has 0 fully saturated rings. The lowest BCUT2D eigenvalue weighted by Crippen LogP contribution is -2.30. The zero-order chi connectivity index (χ0) is 27.6. The third kappa shape index (κ3) is 5.69. The van der Waals surface area contributed by atoms with Gasteiger partial charge in [-0.3, -0.25) is 9.59 Å². The van der Waals surface area contributed by atoms with E-state index >= 15 is 0 Å². The van der Waals surface area contributed by atoms with Crippen LogP contribution in [0.4, 0.5) is 8.78 Å². The maximum absolute atomic E-state index is 14.6. The van der Waals surface area contributed by atoms with Gasteiger partial charge in [0.05, 0.1) is 6.04 Å². The Hall–Kier alpha value is -4.20. The summed E-state index contributed by atoms with van der Waals surface area (Å²) < 4.78 is 36.1. The summed E-state index contributed by atoms with van der Waals surface area (Å²) in [4.78, 5) is 24.2. The van der Waals surface area contributed by atoms with Crippen LogP contribution in [-0.4, -0.2) is 21.6 Å². The summed E-state index contributed by atoms with van der Waals surface area (Å²) in [7, 11) is 1.76. The fraction of sp³-hybridized carbons (Fsp3) is 0.267. The highest BCUT2D eigenvalue weighted by atomic mass is 19.1. The number of hydrogen-bond acceptors (Lipinski definition) is 3. The third-order valence-corrected chi connectivity index (χ3v) is 6.80. The van der Waals surface area contributed by atoms with Gasteiger partial charge < -0.3 is 19.7 Å². The average molecular weight is 521 g/mol. The van der Waals surface area contributed by atoms with E-state index in [-0.39, 0.29) is 23.9 Å². The molecule has 4 aromatic rings. The molecule has 2 N–H and O–H groups in total. The van der Waals surface area contributed by atoms with Crippen molar-refractivity contribution in [2.75, 3.05) is 0 Å². The summed E-state index contributed by atoms with van der Waals surface area (Å²) in [6, 6.07) is 13.6. The molecule has 0 radical (unpaired) electrons. The highest BCUT2D eigenvalue weighted by molar-refractivity contribution is 6.01. The van der Waals surface area contributed by atoms with Gasteiger partial charge in [0, 0.05) is 30.4 Å². The Morgan fingerprint density at radius 2 is 1.76 bits per heavy atom. The average Bonchev–Trinajstić information content (AvgIpc) is 3.10. The van der Waals surface area contributed by atoms with Crippen molar-refractivity contribution in [2.24, 2.45) is 7.05 Å². The molecule has 0 unspecified atom stereocenters. The number of aliphatic carboxylic acids is 1. The third-order valence-electron chi connectivity index (χ3n) is 6.80. The Balaban J connectivity index is 1.56. The number of benzene rings is 3. The number of aromatic nitrogens is 1. The summed E-state index contributed by atoms with van der Waals surface area (Å²) >= 11 is 0. The lowest BCUT2D eigenvalue weighted by Gasteiger charge is -2.19. The van der Waals surface area contributed by atoms with Crippen LogP contribution in [0.15, 0.2) is 54.6 Å². The number of amides is 1. The fourth-order valence-corrected chi connectivity index (χ4v) is 4.81. The van der Waals surface area contributed by atoms with Gasteiger partial charge in [-0.1, -0.05) is 13.0 Å². The van der Waals surface area contributed by atoms with E-state index in [0.717, 1.165) is 16.6 Å². The molecule has 0 aliphatic heterocycles. The Bertz CT molecular complexity index is 1530. The van der Waals surface area contributed by atoms with Crippen LogP contribution < -0.4 is 10.1 Å². The van der Waals surface area contributed by atoms with Crippen LogP contribution in [0.2, 0.25) is 0 Å². The van der Waals surface area contributed by atoms with Crippen LogP contribution in [0.1, 0.15) is 58.5 Å². The second-order valence-corrected chi connectivity index (χ2v) is 9.43. The molecule has 8 heteroatoms. The fourth-order valence-electron chi connectivity index (χ4n) is 4.81. The minimum absolute atomic E-state index is 0.0353. The van der Waals surface area contributed by atoms with Gasteiger partial charge in [0.15, 0.2) is 0 Å². The summed E-state index contributed by atoms with van der Waals surface area (Å²) in [5.41, 5.74) is 4.15. The molecule has 0 bridgehead atoms. The summed E-state index contributed by atoms with van der Waals surface area (Å²) in [5, 5.41) is 12.6. The van der Waals surface area contributed by atoms with Crippen LogP contribution in [0.25, 0.3) is 10.9 Å². The second kappa shape index (κ2) is 11.0. The number of hydrogen-bond donors (Lipinski definition) is 2. The van der Waals surface area contributed by atoms with Crippen LogP contribution in [0.5, 0.6) is 11.5 Å². The van der Waals surface area contributed by atoms with Crippen molar-refractivity contribution in [1.82, 2.24) is 9.88 Å². The van der Waals surface area contributed by atoms with Crippen molar-refractivity contribution in [3.63, 3.8) is 0 Å². The van der Waals surface area contributed by atoms with E-state index < -0.39 is 17.8 Å². The van der Waals surface area contributed by atoms with E-state index in [1.165, 1.54) is 24.3 Å². The molecule has 1 aromatic heterocycles. The molecule has 3 aromatic carbocycles. The molecule has 198 valence electrons. The first-order valence-electron chi connectivity index (χ1n) is 12.4. The summed E-state index contributed by atoms with van der Waals surface area (Å²) in [6.07, 6.45) is 0.950. The zero-order valence-electron chi connectivity index (χ0n) is 21.8. The first kappa shape index (κ1) is 26.9. The highest BCUT2D eigenvalue weighted by Gasteiger charge is 2.22. The number of nitrogens with one attached hydrogen (secondary N) is 1. The molecule has 1 amide bonds. The van der Waals surface area contributed by atoms with Crippen molar-refractivity contribution in [1.29, 1.82) is 0 Å². The Morgan fingerprint density at radius 1 is 1.00 bits per heavy atom. The molecule has 0 aliphatic carbocycles. The Kier molecular flexibility index (Phi) is 7.80. The van der Waals surface area contributed by atoms with Gasteiger partial charge in [-0.15, -0.1) is 0 Å². The predicted octanol–water partition coefficient (Wildman–Crippen LogP) is 6.76. The van der Waals surface area contributed by atoms with E-state index in [1.807, 2.05) is 13.8 Å². The molecule has 4 rings (SSSR count). The minimum Gasteiger partial charge on any atom is -0.481 e. The largest absolute Gasteiger partial charge is 0.481 e. The topological polar surface area (TPSA) is 80.6 Å². The monoisotopic (exact) mass is 520 g/mol. The van der Waals surface area contributed by atoms with Gasteiger partial charge in [-0.05, 0) is 91.4 Å². The number of fused-ring (bicyclic) bond motifs is 1. The summed E-state index contributed by atoms with van der Waals surface area (Å²) in [6.45, 7) is 5.53. The molecule has 0 aliphatic rings. The number of carboxylic acids is 1. The van der Waals surface area contributed by atoms with Crippen LogP contribution in [0.3, 0.4) is 0 Å². The number of aryl methyl sites for hydroxylation is 4. The van der Waals surface area contributed by atoms with Gasteiger partial charge in [0.1, 0.15) is 28.8 Å². The van der Waals surface area contributed by atoms with E-state index in [1.54, 1.807) is 48.9 Å². The van der Waals surface area contributed by atoms with E-state index in [2.05, 4.69) is 5.32 Å². The number of rotatable bonds is 9. The molecule has 38 heavy (non-hydrogen) atoms. The highest BCUT2D eigenvalue weighted by Crippen LogP contribution is 2.30. The van der Waals surface area contributed by atoms with Crippen molar-refractivity contribution in [3.05, 3.63) is 94.2 Å². The van der Waals surface area contributed by atoms with Gasteiger partial charge in [0.25, 0.3) is 5.91 Å². The van der Waals surface area contributed by atoms with E-state index in [9.17, 15) is 18.4 Å². The zero-order valence-corrected chi connectivity index (χ0v) is 21.8. The molecule has 0 saturated carbocycles. The van der Waals surface area contributed by atoms with Crippen LogP contribution >= 0.6 is 0 Å². The minimum atomic E-state index is -0.862. The lowest BCUT2D eigenvalue weighted by molar-refractivity contribution is -0.136. The van der Waals surface area contributed by atoms with Crippen molar-refractivity contribution >= 4 is 22.8 Å². The van der Waals surface area contributed by atoms with E-state index in [4.69, 9.17) is 9.84 Å². The molecule has 1 heterocycles. The molecule has 6 nitrogen and oxygen atoms in total. The van der Waals surface area contributed by atoms with Crippen LogP contribution in [-0.2, 0) is 18.3 Å². The number of carbonyl (C=O) groups excluding carboxylic acids is 1. The smallest absolute Gasteiger partial charge is 0.303 e. The molecule has 1 atom stereocenters. The standard InChI is InChI=1S/C30H30F2N2O4/c1-5-26(33-30(37)29-18(3)25-16-21(31)8-10-27(25)34(29)4)20-13-22(32)15-24(14-20)38-23-9-6-19(17(2)12-23)7-11-28(35)36/h6,8-10,12-16,26H,5,7,11H2,1-4H3,(H,33,37)(H,35,36)/t26-/m1/s1. The van der Waals surface area contributed by atoms with Crippen molar-refractivity contribution < 1.29 is 28.2 Å². The number of carboxylic acid groups (broad SMARTS) is 1. The molecular formula is C30H30F2N2O4. The first-order chi connectivity index (χ1) is 18.1. The van der Waals surface area contributed by atoms with Gasteiger partial charge in [-0.2, -0.15) is 0 Å². The quantitative estimate of drug-likeness (QED) is 0.255. The number of carbonyl (C=O) groups is 2. The Labute approximate surface area is 219 Å². The normalized spacial score (nSPS) is 11.9. The maximum Gasteiger partial charge on any atom is 0.303 e. The van der Waals surface area contributed by atoms with Crippen molar-refractivity contribution in [3.8, 4) is 11.5 Å². The van der Waals surface area contributed by atoms with Gasteiger partial charge in [0.2, 0.25) is 0 Å². The van der Waals surface area contributed by atoms with Crippen molar-refractivity contribution in [2.45, 2.75) is 46.1 Å². The number of halogens is 2. The van der Waals surface area contributed by atoms with Crippen LogP contribution in [0, 0.1) is 25.5 Å². The van der Waals surface area contributed by atoms with Gasteiger partial charge in [-0.25, -0.2) is 8.78 Å². The SMILES string of the molecule is CC[C@@H](NC(=O)c1c(C)c2cc(F)ccc2n1C)c1cc(F)cc(Oc2ccc(CCC(=O)O)c(C)c2)c1. The lowest BCUT2D eigenvalue weighted by atomic mass is 10.0. The number of nitrogens with zero attached hydrogens (tertiary/aromatic N) is 1. The van der Waals surface area contributed by atoms with E-state index in [0.29, 0.717) is 40.8 Å². The molecular weight excluding hydrogens is 490 g/mol. The second-order valence-electron chi connectivity index (χ2n) is 9.43.